The van der Waals surface area contributed by atoms with E-state index in [1.807, 2.05) is 32.9 Å². The van der Waals surface area contributed by atoms with Gasteiger partial charge in [-0.05, 0) is 57.2 Å². The average Bonchev–Trinajstić information content (AvgIpc) is 2.96. The SMILES string of the molecule is CC(C)(C)OC(=O)N1CCC(c2ccn3ncc(C(=O)O)c3c2)CC1. The van der Waals surface area contributed by atoms with Crippen LogP contribution in [0.2, 0.25) is 0 Å². The number of ether oxygens (including phenoxy) is 1. The summed E-state index contributed by atoms with van der Waals surface area (Å²) < 4.78 is 6.99. The van der Waals surface area contributed by atoms with E-state index in [-0.39, 0.29) is 11.7 Å². The van der Waals surface area contributed by atoms with Crippen molar-refractivity contribution in [1.82, 2.24) is 14.5 Å². The minimum absolute atomic E-state index is 0.202. The van der Waals surface area contributed by atoms with Gasteiger partial charge in [0.2, 0.25) is 0 Å². The Balaban J connectivity index is 1.71. The van der Waals surface area contributed by atoms with Crippen LogP contribution in [0.15, 0.2) is 24.5 Å². The third-order valence-corrected chi connectivity index (χ3v) is 4.39. The average molecular weight is 345 g/mol. The van der Waals surface area contributed by atoms with Crippen molar-refractivity contribution < 1.29 is 19.4 Å². The van der Waals surface area contributed by atoms with E-state index in [1.165, 1.54) is 6.20 Å². The fourth-order valence-electron chi connectivity index (χ4n) is 3.14. The highest BCUT2D eigenvalue weighted by Gasteiger charge is 2.27. The molecule has 0 unspecified atom stereocenters. The lowest BCUT2D eigenvalue weighted by molar-refractivity contribution is 0.0204. The molecule has 7 heteroatoms. The maximum Gasteiger partial charge on any atom is 0.410 e. The molecule has 0 radical (unpaired) electrons. The van der Waals surface area contributed by atoms with Crippen molar-refractivity contribution in [3.63, 3.8) is 0 Å². The normalized spacial score (nSPS) is 16.2. The molecule has 134 valence electrons. The molecule has 3 heterocycles. The summed E-state index contributed by atoms with van der Waals surface area (Å²) in [6.45, 7) is 6.85. The first kappa shape index (κ1) is 17.3. The second-order valence-corrected chi connectivity index (χ2v) is 7.39. The number of aromatic nitrogens is 2. The van der Waals surface area contributed by atoms with Crippen LogP contribution in [-0.4, -0.2) is 50.4 Å². The van der Waals surface area contributed by atoms with Gasteiger partial charge in [-0.2, -0.15) is 5.10 Å². The van der Waals surface area contributed by atoms with Crippen LogP contribution < -0.4 is 0 Å². The molecule has 0 aliphatic carbocycles. The Kier molecular flexibility index (Phi) is 4.41. The predicted molar refractivity (Wildman–Crippen MR) is 91.9 cm³/mol. The number of nitrogens with zero attached hydrogens (tertiary/aromatic N) is 3. The number of fused-ring (bicyclic) bond motifs is 1. The minimum atomic E-state index is -0.980. The van der Waals surface area contributed by atoms with Crippen molar-refractivity contribution in [3.8, 4) is 0 Å². The number of piperidine rings is 1. The Labute approximate surface area is 146 Å². The maximum atomic E-state index is 12.1. The molecule has 3 rings (SSSR count). The quantitative estimate of drug-likeness (QED) is 0.904. The van der Waals surface area contributed by atoms with Crippen LogP contribution >= 0.6 is 0 Å². The van der Waals surface area contributed by atoms with E-state index < -0.39 is 11.6 Å². The standard InChI is InChI=1S/C18H23N3O4/c1-18(2,3)25-17(24)20-7-4-12(5-8-20)13-6-9-21-15(10-13)14(11-19-21)16(22)23/h6,9-12H,4-5,7-8H2,1-3H3,(H,22,23). The summed E-state index contributed by atoms with van der Waals surface area (Å²) >= 11 is 0. The Bertz CT molecular complexity index is 798. The molecule has 1 aliphatic heterocycles. The molecular weight excluding hydrogens is 322 g/mol. The van der Waals surface area contributed by atoms with Crippen LogP contribution in [0.25, 0.3) is 5.52 Å². The van der Waals surface area contributed by atoms with E-state index in [4.69, 9.17) is 4.74 Å². The summed E-state index contributed by atoms with van der Waals surface area (Å²) in [5, 5.41) is 13.3. The van der Waals surface area contributed by atoms with Gasteiger partial charge in [0.05, 0.1) is 11.7 Å². The van der Waals surface area contributed by atoms with Gasteiger partial charge in [-0.3, -0.25) is 0 Å². The van der Waals surface area contributed by atoms with E-state index >= 15 is 0 Å². The summed E-state index contributed by atoms with van der Waals surface area (Å²) in [6.07, 6.45) is 4.53. The van der Waals surface area contributed by atoms with Crippen LogP contribution in [0, 0.1) is 0 Å². The van der Waals surface area contributed by atoms with Crippen LogP contribution in [0.4, 0.5) is 4.79 Å². The number of carbonyl (C=O) groups is 2. The molecule has 7 nitrogen and oxygen atoms in total. The molecule has 1 amide bonds. The Morgan fingerprint density at radius 1 is 1.28 bits per heavy atom. The van der Waals surface area contributed by atoms with E-state index in [2.05, 4.69) is 5.10 Å². The third kappa shape index (κ3) is 3.75. The second-order valence-electron chi connectivity index (χ2n) is 7.39. The number of likely N-dealkylation sites (tertiary alicyclic amines) is 1. The summed E-state index contributed by atoms with van der Waals surface area (Å²) in [7, 11) is 0. The summed E-state index contributed by atoms with van der Waals surface area (Å²) in [5.74, 6) is -0.688. The van der Waals surface area contributed by atoms with E-state index in [1.54, 1.807) is 15.6 Å². The number of pyridine rings is 1. The van der Waals surface area contributed by atoms with Gasteiger partial charge in [0.15, 0.2) is 0 Å². The van der Waals surface area contributed by atoms with Gasteiger partial charge >= 0.3 is 12.1 Å². The summed E-state index contributed by atoms with van der Waals surface area (Å²) in [6, 6.07) is 3.86. The van der Waals surface area contributed by atoms with Crippen molar-refractivity contribution in [3.05, 3.63) is 35.7 Å². The van der Waals surface area contributed by atoms with Crippen molar-refractivity contribution in [2.75, 3.05) is 13.1 Å². The van der Waals surface area contributed by atoms with Gasteiger partial charge in [0, 0.05) is 19.3 Å². The number of aromatic carboxylic acids is 1. The molecule has 0 spiro atoms. The molecule has 1 fully saturated rings. The first-order valence-corrected chi connectivity index (χ1v) is 8.43. The van der Waals surface area contributed by atoms with Gasteiger partial charge in [0.1, 0.15) is 11.2 Å². The molecule has 0 bridgehead atoms. The number of carboxylic acid groups (broad SMARTS) is 1. The van der Waals surface area contributed by atoms with Crippen LogP contribution in [0.1, 0.15) is 55.5 Å². The van der Waals surface area contributed by atoms with Gasteiger partial charge in [0.25, 0.3) is 0 Å². The molecule has 0 atom stereocenters. The van der Waals surface area contributed by atoms with E-state index in [0.717, 1.165) is 18.4 Å². The van der Waals surface area contributed by atoms with Crippen LogP contribution in [0.3, 0.4) is 0 Å². The largest absolute Gasteiger partial charge is 0.478 e. The highest BCUT2D eigenvalue weighted by molar-refractivity contribution is 5.95. The number of carboxylic acids is 1. The zero-order valence-corrected chi connectivity index (χ0v) is 14.7. The lowest BCUT2D eigenvalue weighted by atomic mass is 9.90. The molecule has 0 aromatic carbocycles. The molecule has 25 heavy (non-hydrogen) atoms. The zero-order chi connectivity index (χ0) is 18.2. The fraction of sp³-hybridized carbons (Fsp3) is 0.500. The fourth-order valence-corrected chi connectivity index (χ4v) is 3.14. The first-order valence-electron chi connectivity index (χ1n) is 8.43. The first-order chi connectivity index (χ1) is 11.7. The lowest BCUT2D eigenvalue weighted by Gasteiger charge is -2.33. The monoisotopic (exact) mass is 345 g/mol. The minimum Gasteiger partial charge on any atom is -0.478 e. The second kappa shape index (κ2) is 6.38. The van der Waals surface area contributed by atoms with Crippen LogP contribution in [-0.2, 0) is 4.74 Å². The van der Waals surface area contributed by atoms with Gasteiger partial charge in [-0.25, -0.2) is 14.1 Å². The number of hydrogen-bond donors (Lipinski definition) is 1. The van der Waals surface area contributed by atoms with E-state index in [9.17, 15) is 14.7 Å². The van der Waals surface area contributed by atoms with Crippen molar-refractivity contribution in [2.45, 2.75) is 45.1 Å². The molecule has 2 aromatic heterocycles. The van der Waals surface area contributed by atoms with Crippen molar-refractivity contribution in [2.24, 2.45) is 0 Å². The topological polar surface area (TPSA) is 84.1 Å². The Morgan fingerprint density at radius 3 is 2.56 bits per heavy atom. The summed E-state index contributed by atoms with van der Waals surface area (Å²) in [4.78, 5) is 25.2. The highest BCUT2D eigenvalue weighted by atomic mass is 16.6. The van der Waals surface area contributed by atoms with Crippen molar-refractivity contribution >= 4 is 17.6 Å². The molecule has 1 N–H and O–H groups in total. The predicted octanol–water partition coefficient (Wildman–Crippen LogP) is 3.15. The smallest absolute Gasteiger partial charge is 0.410 e. The highest BCUT2D eigenvalue weighted by Crippen LogP contribution is 2.30. The van der Waals surface area contributed by atoms with Gasteiger partial charge < -0.3 is 14.7 Å². The van der Waals surface area contributed by atoms with E-state index in [0.29, 0.717) is 24.5 Å². The number of carbonyl (C=O) groups excluding carboxylic acids is 1. The third-order valence-electron chi connectivity index (χ3n) is 4.39. The summed E-state index contributed by atoms with van der Waals surface area (Å²) in [5.41, 5.74) is 1.39. The van der Waals surface area contributed by atoms with Crippen LogP contribution in [0.5, 0.6) is 0 Å². The van der Waals surface area contributed by atoms with Crippen molar-refractivity contribution in [1.29, 1.82) is 0 Å². The number of amides is 1. The van der Waals surface area contributed by atoms with Gasteiger partial charge in [-0.1, -0.05) is 0 Å². The maximum absolute atomic E-state index is 12.1. The molecule has 0 saturated carbocycles. The molecule has 1 aliphatic rings. The molecule has 2 aromatic rings. The number of hydrogen-bond acceptors (Lipinski definition) is 4. The Hall–Kier alpha value is -2.57. The van der Waals surface area contributed by atoms with Gasteiger partial charge in [-0.15, -0.1) is 0 Å². The Morgan fingerprint density at radius 2 is 1.96 bits per heavy atom. The zero-order valence-electron chi connectivity index (χ0n) is 14.7. The number of rotatable bonds is 2. The lowest BCUT2D eigenvalue weighted by Crippen LogP contribution is -2.41. The molecular formula is C18H23N3O4. The molecule has 1 saturated heterocycles.